The maximum absolute atomic E-state index is 14.8. The van der Waals surface area contributed by atoms with Gasteiger partial charge in [-0.1, -0.05) is 66.7 Å². The van der Waals surface area contributed by atoms with Gasteiger partial charge in [-0.25, -0.2) is 4.39 Å². The average Bonchev–Trinajstić information content (AvgIpc) is 2.72. The van der Waals surface area contributed by atoms with Crippen LogP contribution < -0.4 is 0 Å². The number of halogens is 1. The van der Waals surface area contributed by atoms with E-state index in [2.05, 4.69) is 6.58 Å². The second kappa shape index (κ2) is 10.5. The molecule has 4 nitrogen and oxygen atoms in total. The third kappa shape index (κ3) is 5.49. The Hall–Kier alpha value is -2.05. The summed E-state index contributed by atoms with van der Waals surface area (Å²) in [4.78, 5) is 0. The number of alkyl halides is 1. The van der Waals surface area contributed by atoms with E-state index >= 15 is 0 Å². The molecule has 5 heteroatoms. The van der Waals surface area contributed by atoms with Gasteiger partial charge in [0.25, 0.3) is 0 Å². The van der Waals surface area contributed by atoms with Gasteiger partial charge in [-0.3, -0.25) is 0 Å². The Kier molecular flexibility index (Phi) is 7.74. The smallest absolute Gasteiger partial charge is 0.228 e. The fraction of sp³-hybridized carbons (Fsp3) is 0.391. The van der Waals surface area contributed by atoms with Crippen LogP contribution in [0.2, 0.25) is 0 Å². The molecular weight excluding hydrogens is 359 g/mol. The zero-order valence-electron chi connectivity index (χ0n) is 16.1. The molecule has 3 rings (SSSR count). The van der Waals surface area contributed by atoms with Crippen LogP contribution in [0.5, 0.6) is 0 Å². The van der Waals surface area contributed by atoms with Crippen molar-refractivity contribution in [3.05, 3.63) is 84.4 Å². The standard InChI is InChI=1S/C23H27FO4/c1-3-14-25-20-17(2)28-23(24)22(27-16-19-12-8-5-9-13-19)21(20)26-15-18-10-6-4-7-11-18/h3-13,17,20-23H,1,14-16H2,2H3/t17-,20-,21+,22+,23?/m0/s1. The van der Waals surface area contributed by atoms with E-state index in [0.717, 1.165) is 11.1 Å². The average molecular weight is 386 g/mol. The number of ether oxygens (including phenoxy) is 4. The molecule has 150 valence electrons. The molecular formula is C23H27FO4. The molecule has 5 atom stereocenters. The van der Waals surface area contributed by atoms with Crippen molar-refractivity contribution in [2.24, 2.45) is 0 Å². The molecule has 1 aliphatic heterocycles. The van der Waals surface area contributed by atoms with E-state index in [4.69, 9.17) is 18.9 Å². The predicted octanol–water partition coefficient (Wildman–Crippen LogP) is 4.44. The van der Waals surface area contributed by atoms with Crippen molar-refractivity contribution in [1.82, 2.24) is 0 Å². The van der Waals surface area contributed by atoms with Gasteiger partial charge in [0.1, 0.15) is 18.3 Å². The summed E-state index contributed by atoms with van der Waals surface area (Å²) in [6.45, 7) is 6.40. The molecule has 1 aliphatic rings. The monoisotopic (exact) mass is 386 g/mol. The molecule has 0 amide bonds. The van der Waals surface area contributed by atoms with Crippen molar-refractivity contribution in [2.45, 2.75) is 50.9 Å². The highest BCUT2D eigenvalue weighted by atomic mass is 19.1. The van der Waals surface area contributed by atoms with Crippen molar-refractivity contribution >= 4 is 0 Å². The molecule has 0 bridgehead atoms. The second-order valence-electron chi connectivity index (χ2n) is 6.80. The highest BCUT2D eigenvalue weighted by Crippen LogP contribution is 2.30. The molecule has 1 unspecified atom stereocenters. The van der Waals surface area contributed by atoms with Crippen LogP contribution in [-0.2, 0) is 32.2 Å². The molecule has 2 aromatic carbocycles. The number of benzene rings is 2. The van der Waals surface area contributed by atoms with E-state index in [9.17, 15) is 4.39 Å². The summed E-state index contributed by atoms with van der Waals surface area (Å²) in [5, 5.41) is 0. The van der Waals surface area contributed by atoms with Crippen LogP contribution in [-0.4, -0.2) is 37.4 Å². The van der Waals surface area contributed by atoms with Crippen molar-refractivity contribution in [1.29, 1.82) is 0 Å². The summed E-state index contributed by atoms with van der Waals surface area (Å²) >= 11 is 0. The Morgan fingerprint density at radius 2 is 1.39 bits per heavy atom. The Morgan fingerprint density at radius 1 is 0.857 bits per heavy atom. The molecule has 0 radical (unpaired) electrons. The van der Waals surface area contributed by atoms with Gasteiger partial charge in [-0.05, 0) is 18.1 Å². The first-order chi connectivity index (χ1) is 13.7. The van der Waals surface area contributed by atoms with Gasteiger partial charge in [0.2, 0.25) is 6.36 Å². The summed E-state index contributed by atoms with van der Waals surface area (Å²) in [7, 11) is 0. The Morgan fingerprint density at radius 3 is 1.93 bits per heavy atom. The van der Waals surface area contributed by atoms with Crippen molar-refractivity contribution in [3.8, 4) is 0 Å². The fourth-order valence-electron chi connectivity index (χ4n) is 3.27. The maximum Gasteiger partial charge on any atom is 0.228 e. The minimum absolute atomic E-state index is 0.267. The van der Waals surface area contributed by atoms with Crippen molar-refractivity contribution in [3.63, 3.8) is 0 Å². The number of hydrogen-bond donors (Lipinski definition) is 0. The minimum atomic E-state index is -1.59. The van der Waals surface area contributed by atoms with Gasteiger partial charge < -0.3 is 18.9 Å². The van der Waals surface area contributed by atoms with Gasteiger partial charge in [-0.2, -0.15) is 0 Å². The lowest BCUT2D eigenvalue weighted by atomic mass is 9.99. The first-order valence-electron chi connectivity index (χ1n) is 9.52. The van der Waals surface area contributed by atoms with Crippen LogP contribution in [0.4, 0.5) is 4.39 Å². The first-order valence-corrected chi connectivity index (χ1v) is 9.52. The molecule has 1 heterocycles. The van der Waals surface area contributed by atoms with Gasteiger partial charge in [-0.15, -0.1) is 6.58 Å². The topological polar surface area (TPSA) is 36.9 Å². The lowest BCUT2D eigenvalue weighted by molar-refractivity contribution is -0.285. The molecule has 0 spiro atoms. The SMILES string of the molecule is C=CCO[C@@H]1[C@@H](OCc2ccccc2)[C@@H](OCc2ccccc2)C(F)O[C@H]1C. The normalized spacial score (nSPS) is 27.4. The van der Waals surface area contributed by atoms with Crippen LogP contribution in [0.25, 0.3) is 0 Å². The van der Waals surface area contributed by atoms with Gasteiger partial charge >= 0.3 is 0 Å². The minimum Gasteiger partial charge on any atom is -0.369 e. The summed E-state index contributed by atoms with van der Waals surface area (Å²) in [5.41, 5.74) is 1.96. The largest absolute Gasteiger partial charge is 0.369 e. The third-order valence-electron chi connectivity index (χ3n) is 4.69. The lowest BCUT2D eigenvalue weighted by Crippen LogP contribution is -2.58. The van der Waals surface area contributed by atoms with Crippen LogP contribution >= 0.6 is 0 Å². The molecule has 0 N–H and O–H groups in total. The first kappa shape index (κ1) is 20.7. The molecule has 1 fully saturated rings. The number of hydrogen-bond acceptors (Lipinski definition) is 4. The fourth-order valence-corrected chi connectivity index (χ4v) is 3.27. The van der Waals surface area contributed by atoms with Crippen LogP contribution in [0.3, 0.4) is 0 Å². The third-order valence-corrected chi connectivity index (χ3v) is 4.69. The van der Waals surface area contributed by atoms with Crippen LogP contribution in [0, 0.1) is 0 Å². The lowest BCUT2D eigenvalue weighted by Gasteiger charge is -2.42. The Labute approximate surface area is 165 Å². The summed E-state index contributed by atoms with van der Waals surface area (Å²) in [6.07, 6.45) is -2.37. The molecule has 1 saturated heterocycles. The zero-order chi connectivity index (χ0) is 19.8. The highest BCUT2D eigenvalue weighted by molar-refractivity contribution is 5.14. The van der Waals surface area contributed by atoms with E-state index in [1.54, 1.807) is 13.0 Å². The van der Waals surface area contributed by atoms with E-state index in [1.807, 2.05) is 60.7 Å². The zero-order valence-corrected chi connectivity index (χ0v) is 16.1. The summed E-state index contributed by atoms with van der Waals surface area (Å²) < 4.78 is 38.1. The quantitative estimate of drug-likeness (QED) is 0.597. The van der Waals surface area contributed by atoms with Crippen LogP contribution in [0.1, 0.15) is 18.1 Å². The van der Waals surface area contributed by atoms with Crippen molar-refractivity contribution < 1.29 is 23.3 Å². The van der Waals surface area contributed by atoms with E-state index in [1.165, 1.54) is 0 Å². The van der Waals surface area contributed by atoms with Crippen molar-refractivity contribution in [2.75, 3.05) is 6.61 Å². The highest BCUT2D eigenvalue weighted by Gasteiger charge is 2.47. The molecule has 0 aliphatic carbocycles. The van der Waals surface area contributed by atoms with Gasteiger partial charge in [0.15, 0.2) is 0 Å². The molecule has 0 saturated carbocycles. The Balaban J connectivity index is 1.74. The van der Waals surface area contributed by atoms with E-state index in [0.29, 0.717) is 13.2 Å². The maximum atomic E-state index is 14.8. The molecule has 0 aromatic heterocycles. The summed E-state index contributed by atoms with van der Waals surface area (Å²) in [5.74, 6) is 0. The molecule has 28 heavy (non-hydrogen) atoms. The van der Waals surface area contributed by atoms with Gasteiger partial charge in [0, 0.05) is 0 Å². The van der Waals surface area contributed by atoms with Gasteiger partial charge in [0.05, 0.1) is 25.9 Å². The predicted molar refractivity (Wildman–Crippen MR) is 105 cm³/mol. The summed E-state index contributed by atoms with van der Waals surface area (Å²) in [6, 6.07) is 19.4. The Bertz CT molecular complexity index is 709. The van der Waals surface area contributed by atoms with Crippen LogP contribution in [0.15, 0.2) is 73.3 Å². The number of rotatable bonds is 9. The second-order valence-corrected chi connectivity index (χ2v) is 6.80. The van der Waals surface area contributed by atoms with E-state index < -0.39 is 30.8 Å². The van der Waals surface area contributed by atoms with E-state index in [-0.39, 0.29) is 6.61 Å². The molecule has 2 aromatic rings.